The molecule has 0 aromatic carbocycles. The Hall–Kier alpha value is -1.43. The zero-order valence-electron chi connectivity index (χ0n) is 10.1. The van der Waals surface area contributed by atoms with Crippen LogP contribution in [0.5, 0.6) is 0 Å². The number of aryl methyl sites for hydroxylation is 1. The molecule has 0 saturated carbocycles. The number of carboxylic acids is 1. The first-order valence-electron chi connectivity index (χ1n) is 5.37. The molecule has 0 aliphatic rings. The van der Waals surface area contributed by atoms with Crippen LogP contribution in [-0.2, 0) is 22.4 Å². The quantitative estimate of drug-likeness (QED) is 0.858. The van der Waals surface area contributed by atoms with Gasteiger partial charge in [0.25, 0.3) is 0 Å². The third-order valence-corrected chi connectivity index (χ3v) is 3.61. The van der Waals surface area contributed by atoms with Gasteiger partial charge in [0.15, 0.2) is 0 Å². The fourth-order valence-corrected chi connectivity index (χ4v) is 2.00. The number of carboxylic acid groups (broad SMARTS) is 1. The second kappa shape index (κ2) is 5.77. The number of hydrogen-bond donors (Lipinski definition) is 1. The van der Waals surface area contributed by atoms with Crippen molar-refractivity contribution >= 4 is 23.2 Å². The molecule has 1 heterocycles. The minimum Gasteiger partial charge on any atom is -0.480 e. The summed E-state index contributed by atoms with van der Waals surface area (Å²) in [5.74, 6) is -1.23. The predicted molar refractivity (Wildman–Crippen MR) is 65.1 cm³/mol. The van der Waals surface area contributed by atoms with E-state index in [1.807, 2.05) is 12.3 Å². The number of rotatable bonds is 5. The van der Waals surface area contributed by atoms with Gasteiger partial charge in [0.05, 0.1) is 17.1 Å². The summed E-state index contributed by atoms with van der Waals surface area (Å²) in [5.41, 5.74) is 0.710. The summed E-state index contributed by atoms with van der Waals surface area (Å²) < 4.78 is 0. The lowest BCUT2D eigenvalue weighted by Crippen LogP contribution is -2.41. The van der Waals surface area contributed by atoms with Gasteiger partial charge in [-0.3, -0.25) is 4.79 Å². The van der Waals surface area contributed by atoms with Crippen molar-refractivity contribution < 1.29 is 14.7 Å². The number of likely N-dealkylation sites (N-methyl/N-ethyl adjacent to an activating group) is 1. The van der Waals surface area contributed by atoms with E-state index in [4.69, 9.17) is 5.11 Å². The molecule has 0 bridgehead atoms. The minimum atomic E-state index is -1.01. The predicted octanol–water partition coefficient (Wildman–Crippen LogP) is 1.18. The van der Waals surface area contributed by atoms with E-state index in [0.29, 0.717) is 5.69 Å². The van der Waals surface area contributed by atoms with Gasteiger partial charge in [0.2, 0.25) is 5.91 Å². The van der Waals surface area contributed by atoms with Crippen molar-refractivity contribution in [2.24, 2.45) is 0 Å². The molecule has 1 amide bonds. The molecule has 1 N–H and O–H groups in total. The average molecular weight is 256 g/mol. The summed E-state index contributed by atoms with van der Waals surface area (Å²) in [6.45, 7) is 3.49. The summed E-state index contributed by atoms with van der Waals surface area (Å²) in [7, 11) is 1.49. The molecule has 0 fully saturated rings. The standard InChI is InChI=1S/C11H16N2O3S/c1-4-9-12-8(6-17-9)5-10(14)13(3)7(2)11(15)16/h6-7H,4-5H2,1-3H3,(H,15,16). The van der Waals surface area contributed by atoms with Crippen molar-refractivity contribution in [3.05, 3.63) is 16.1 Å². The van der Waals surface area contributed by atoms with Crippen LogP contribution in [0.15, 0.2) is 5.38 Å². The highest BCUT2D eigenvalue weighted by Gasteiger charge is 2.22. The number of nitrogens with zero attached hydrogens (tertiary/aromatic N) is 2. The maximum atomic E-state index is 11.8. The van der Waals surface area contributed by atoms with E-state index in [9.17, 15) is 9.59 Å². The molecule has 1 atom stereocenters. The molecule has 0 radical (unpaired) electrons. The van der Waals surface area contributed by atoms with Crippen LogP contribution in [0.3, 0.4) is 0 Å². The number of thiazole rings is 1. The van der Waals surface area contributed by atoms with Crippen LogP contribution >= 0.6 is 11.3 Å². The molecule has 6 heteroatoms. The monoisotopic (exact) mass is 256 g/mol. The van der Waals surface area contributed by atoms with E-state index < -0.39 is 12.0 Å². The number of aromatic nitrogens is 1. The van der Waals surface area contributed by atoms with E-state index in [1.165, 1.54) is 30.2 Å². The number of carbonyl (C=O) groups is 2. The molecule has 17 heavy (non-hydrogen) atoms. The van der Waals surface area contributed by atoms with E-state index in [1.54, 1.807) is 0 Å². The topological polar surface area (TPSA) is 70.5 Å². The number of hydrogen-bond acceptors (Lipinski definition) is 4. The molecule has 1 aromatic heterocycles. The van der Waals surface area contributed by atoms with Crippen molar-refractivity contribution in [3.63, 3.8) is 0 Å². The van der Waals surface area contributed by atoms with Crippen LogP contribution in [0, 0.1) is 0 Å². The zero-order valence-corrected chi connectivity index (χ0v) is 11.0. The maximum Gasteiger partial charge on any atom is 0.326 e. The lowest BCUT2D eigenvalue weighted by Gasteiger charge is -2.20. The summed E-state index contributed by atoms with van der Waals surface area (Å²) in [6, 6.07) is -0.813. The van der Waals surface area contributed by atoms with Crippen LogP contribution in [0.1, 0.15) is 24.5 Å². The van der Waals surface area contributed by atoms with Crippen molar-refractivity contribution in [3.8, 4) is 0 Å². The number of aliphatic carboxylic acids is 1. The molecule has 0 aliphatic heterocycles. The molecule has 1 aromatic rings. The average Bonchev–Trinajstić information content (AvgIpc) is 2.74. The highest BCUT2D eigenvalue weighted by molar-refractivity contribution is 7.09. The Morgan fingerprint density at radius 3 is 2.71 bits per heavy atom. The van der Waals surface area contributed by atoms with Crippen molar-refractivity contribution in [1.29, 1.82) is 0 Å². The van der Waals surface area contributed by atoms with Gasteiger partial charge in [-0.1, -0.05) is 6.92 Å². The largest absolute Gasteiger partial charge is 0.480 e. The molecule has 0 aliphatic carbocycles. The van der Waals surface area contributed by atoms with E-state index in [2.05, 4.69) is 4.98 Å². The zero-order chi connectivity index (χ0) is 13.0. The van der Waals surface area contributed by atoms with Crippen molar-refractivity contribution in [2.45, 2.75) is 32.7 Å². The molecule has 1 rings (SSSR count). The van der Waals surface area contributed by atoms with Gasteiger partial charge >= 0.3 is 5.97 Å². The van der Waals surface area contributed by atoms with Gasteiger partial charge in [0.1, 0.15) is 6.04 Å². The normalized spacial score (nSPS) is 12.2. The Labute approximate surface area is 104 Å². The maximum absolute atomic E-state index is 11.8. The van der Waals surface area contributed by atoms with Crippen molar-refractivity contribution in [1.82, 2.24) is 9.88 Å². The van der Waals surface area contributed by atoms with Crippen molar-refractivity contribution in [2.75, 3.05) is 7.05 Å². The van der Waals surface area contributed by atoms with Gasteiger partial charge < -0.3 is 10.0 Å². The van der Waals surface area contributed by atoms with Crippen LogP contribution in [0.25, 0.3) is 0 Å². The highest BCUT2D eigenvalue weighted by atomic mass is 32.1. The van der Waals surface area contributed by atoms with Gasteiger partial charge in [-0.15, -0.1) is 11.3 Å². The lowest BCUT2D eigenvalue weighted by atomic mass is 10.2. The van der Waals surface area contributed by atoms with E-state index in [-0.39, 0.29) is 12.3 Å². The lowest BCUT2D eigenvalue weighted by molar-refractivity contribution is -0.148. The Balaban J connectivity index is 2.62. The fourth-order valence-electron chi connectivity index (χ4n) is 1.25. The first kappa shape index (κ1) is 13.6. The molecular weight excluding hydrogens is 240 g/mol. The Morgan fingerprint density at radius 2 is 2.24 bits per heavy atom. The van der Waals surface area contributed by atoms with Crippen LogP contribution < -0.4 is 0 Å². The third kappa shape index (κ3) is 3.52. The minimum absolute atomic E-state index is 0.157. The Kier molecular flexibility index (Phi) is 4.62. The second-order valence-corrected chi connectivity index (χ2v) is 4.72. The third-order valence-electron chi connectivity index (χ3n) is 2.57. The summed E-state index contributed by atoms with van der Waals surface area (Å²) in [6.07, 6.45) is 1.00. The summed E-state index contributed by atoms with van der Waals surface area (Å²) in [5, 5.41) is 11.6. The second-order valence-electron chi connectivity index (χ2n) is 3.78. The SMILES string of the molecule is CCc1nc(CC(=O)N(C)C(C)C(=O)O)cs1. The van der Waals surface area contributed by atoms with Gasteiger partial charge in [0, 0.05) is 12.4 Å². The molecule has 0 saturated heterocycles. The van der Waals surface area contributed by atoms with Crippen LogP contribution in [-0.4, -0.2) is 40.0 Å². The molecule has 1 unspecified atom stereocenters. The van der Waals surface area contributed by atoms with Gasteiger partial charge in [-0.25, -0.2) is 9.78 Å². The fraction of sp³-hybridized carbons (Fsp3) is 0.545. The molecule has 5 nitrogen and oxygen atoms in total. The Morgan fingerprint density at radius 1 is 1.59 bits per heavy atom. The first-order chi connectivity index (χ1) is 7.95. The highest BCUT2D eigenvalue weighted by Crippen LogP contribution is 2.12. The van der Waals surface area contributed by atoms with Gasteiger partial charge in [-0.05, 0) is 13.3 Å². The smallest absolute Gasteiger partial charge is 0.326 e. The summed E-state index contributed by atoms with van der Waals surface area (Å²) in [4.78, 5) is 28.0. The summed E-state index contributed by atoms with van der Waals surface area (Å²) >= 11 is 1.52. The van der Waals surface area contributed by atoms with Crippen LogP contribution in [0.2, 0.25) is 0 Å². The van der Waals surface area contributed by atoms with Gasteiger partial charge in [-0.2, -0.15) is 0 Å². The molecule has 94 valence electrons. The molecular formula is C11H16N2O3S. The Bertz CT molecular complexity index is 417. The first-order valence-corrected chi connectivity index (χ1v) is 6.25. The molecule has 0 spiro atoms. The number of amides is 1. The van der Waals surface area contributed by atoms with E-state index >= 15 is 0 Å². The number of carbonyl (C=O) groups excluding carboxylic acids is 1. The van der Waals surface area contributed by atoms with E-state index in [0.717, 1.165) is 11.4 Å². The van der Waals surface area contributed by atoms with Crippen LogP contribution in [0.4, 0.5) is 0 Å².